The van der Waals surface area contributed by atoms with Gasteiger partial charge in [-0.3, -0.25) is 4.79 Å². The molecule has 1 rings (SSSR count). The van der Waals surface area contributed by atoms with Gasteiger partial charge < -0.3 is 10.1 Å². The standard InChI is InChI=1S/C12H23NO2/c1-9(2)11(15-3)8-13-12(14)10-6-4-5-7-10/h9-11H,4-8H2,1-3H3,(H,13,14)/t11-/m0/s1. The van der Waals surface area contributed by atoms with Crippen molar-refractivity contribution < 1.29 is 9.53 Å². The topological polar surface area (TPSA) is 38.3 Å². The lowest BCUT2D eigenvalue weighted by Crippen LogP contribution is -2.38. The van der Waals surface area contributed by atoms with Gasteiger partial charge in [-0.2, -0.15) is 0 Å². The molecule has 1 atom stereocenters. The van der Waals surface area contributed by atoms with E-state index in [1.54, 1.807) is 7.11 Å². The molecule has 0 aliphatic heterocycles. The highest BCUT2D eigenvalue weighted by Gasteiger charge is 2.23. The molecule has 0 saturated heterocycles. The molecule has 15 heavy (non-hydrogen) atoms. The molecule has 0 unspecified atom stereocenters. The highest BCUT2D eigenvalue weighted by atomic mass is 16.5. The van der Waals surface area contributed by atoms with Crippen LogP contribution < -0.4 is 5.32 Å². The van der Waals surface area contributed by atoms with Crippen molar-refractivity contribution in [2.24, 2.45) is 11.8 Å². The minimum Gasteiger partial charge on any atom is -0.379 e. The Kier molecular flexibility index (Phi) is 5.09. The molecule has 0 aromatic carbocycles. The van der Waals surface area contributed by atoms with Crippen LogP contribution in [0.15, 0.2) is 0 Å². The van der Waals surface area contributed by atoms with Gasteiger partial charge in [0.1, 0.15) is 0 Å². The average Bonchev–Trinajstić information content (AvgIpc) is 2.70. The zero-order valence-corrected chi connectivity index (χ0v) is 10.1. The molecule has 0 aromatic rings. The van der Waals surface area contributed by atoms with Crippen molar-refractivity contribution in [2.75, 3.05) is 13.7 Å². The first-order valence-electron chi connectivity index (χ1n) is 5.95. The Morgan fingerprint density at radius 3 is 2.47 bits per heavy atom. The van der Waals surface area contributed by atoms with Crippen LogP contribution in [0.25, 0.3) is 0 Å². The van der Waals surface area contributed by atoms with E-state index in [2.05, 4.69) is 19.2 Å². The van der Waals surface area contributed by atoms with Crippen molar-refractivity contribution in [3.8, 4) is 0 Å². The molecule has 1 aliphatic carbocycles. The SMILES string of the molecule is CO[C@@H](CNC(=O)C1CCCC1)C(C)C. The number of ether oxygens (including phenoxy) is 1. The van der Waals surface area contributed by atoms with E-state index in [9.17, 15) is 4.79 Å². The van der Waals surface area contributed by atoms with Gasteiger partial charge in [-0.25, -0.2) is 0 Å². The van der Waals surface area contributed by atoms with Gasteiger partial charge in [-0.1, -0.05) is 26.7 Å². The summed E-state index contributed by atoms with van der Waals surface area (Å²) in [7, 11) is 1.70. The fourth-order valence-electron chi connectivity index (χ4n) is 2.12. The summed E-state index contributed by atoms with van der Waals surface area (Å²) in [5, 5.41) is 2.99. The van der Waals surface area contributed by atoms with Gasteiger partial charge in [-0.15, -0.1) is 0 Å². The van der Waals surface area contributed by atoms with E-state index in [1.807, 2.05) is 0 Å². The molecule has 0 heterocycles. The van der Waals surface area contributed by atoms with E-state index in [0.29, 0.717) is 12.5 Å². The van der Waals surface area contributed by atoms with Crippen LogP contribution >= 0.6 is 0 Å². The van der Waals surface area contributed by atoms with Crippen molar-refractivity contribution >= 4 is 5.91 Å². The molecule has 88 valence electrons. The van der Waals surface area contributed by atoms with Gasteiger partial charge in [0, 0.05) is 19.6 Å². The Morgan fingerprint density at radius 2 is 2.00 bits per heavy atom. The highest BCUT2D eigenvalue weighted by molar-refractivity contribution is 5.78. The first-order valence-corrected chi connectivity index (χ1v) is 5.95. The molecular weight excluding hydrogens is 190 g/mol. The van der Waals surface area contributed by atoms with Crippen molar-refractivity contribution in [1.82, 2.24) is 5.32 Å². The maximum Gasteiger partial charge on any atom is 0.223 e. The van der Waals surface area contributed by atoms with Crippen molar-refractivity contribution in [3.63, 3.8) is 0 Å². The Labute approximate surface area is 92.6 Å². The number of carbonyl (C=O) groups is 1. The first kappa shape index (κ1) is 12.5. The normalized spacial score (nSPS) is 19.5. The van der Waals surface area contributed by atoms with E-state index in [4.69, 9.17) is 4.74 Å². The van der Waals surface area contributed by atoms with Gasteiger partial charge in [0.05, 0.1) is 6.10 Å². The van der Waals surface area contributed by atoms with Crippen LogP contribution in [0.1, 0.15) is 39.5 Å². The predicted molar refractivity (Wildman–Crippen MR) is 60.6 cm³/mol. The molecule has 1 amide bonds. The summed E-state index contributed by atoms with van der Waals surface area (Å²) in [5.74, 6) is 0.920. The molecule has 3 nitrogen and oxygen atoms in total. The number of nitrogens with one attached hydrogen (secondary N) is 1. The first-order chi connectivity index (χ1) is 7.15. The molecule has 0 radical (unpaired) electrons. The number of amides is 1. The minimum atomic E-state index is 0.135. The van der Waals surface area contributed by atoms with Crippen LogP contribution in [0, 0.1) is 11.8 Å². The second-order valence-corrected chi connectivity index (χ2v) is 4.74. The van der Waals surface area contributed by atoms with Crippen molar-refractivity contribution in [3.05, 3.63) is 0 Å². The van der Waals surface area contributed by atoms with Crippen molar-refractivity contribution in [2.45, 2.75) is 45.6 Å². The number of hydrogen-bond acceptors (Lipinski definition) is 2. The van der Waals surface area contributed by atoms with Gasteiger partial charge in [-0.05, 0) is 18.8 Å². The second-order valence-electron chi connectivity index (χ2n) is 4.74. The van der Waals surface area contributed by atoms with Crippen LogP contribution in [0.4, 0.5) is 0 Å². The second kappa shape index (κ2) is 6.11. The third-order valence-corrected chi connectivity index (χ3v) is 3.25. The zero-order chi connectivity index (χ0) is 11.3. The smallest absolute Gasteiger partial charge is 0.223 e. The summed E-state index contributed by atoms with van der Waals surface area (Å²) in [4.78, 5) is 11.7. The lowest BCUT2D eigenvalue weighted by Gasteiger charge is -2.20. The summed E-state index contributed by atoms with van der Waals surface area (Å²) in [6.07, 6.45) is 4.66. The van der Waals surface area contributed by atoms with Crippen LogP contribution in [-0.4, -0.2) is 25.7 Å². The minimum absolute atomic E-state index is 0.135. The summed E-state index contributed by atoms with van der Waals surface area (Å²) >= 11 is 0. The van der Waals surface area contributed by atoms with E-state index in [-0.39, 0.29) is 17.9 Å². The van der Waals surface area contributed by atoms with Gasteiger partial charge in [0.25, 0.3) is 0 Å². The van der Waals surface area contributed by atoms with E-state index in [0.717, 1.165) is 12.8 Å². The molecular formula is C12H23NO2. The lowest BCUT2D eigenvalue weighted by atomic mass is 10.1. The monoisotopic (exact) mass is 213 g/mol. The number of methoxy groups -OCH3 is 1. The van der Waals surface area contributed by atoms with Crippen LogP contribution in [0.5, 0.6) is 0 Å². The molecule has 1 saturated carbocycles. The van der Waals surface area contributed by atoms with Crippen LogP contribution in [0.3, 0.4) is 0 Å². The highest BCUT2D eigenvalue weighted by Crippen LogP contribution is 2.24. The molecule has 0 bridgehead atoms. The Morgan fingerprint density at radius 1 is 1.40 bits per heavy atom. The van der Waals surface area contributed by atoms with E-state index >= 15 is 0 Å². The molecule has 1 aliphatic rings. The zero-order valence-electron chi connectivity index (χ0n) is 10.1. The Bertz CT molecular complexity index is 198. The largest absolute Gasteiger partial charge is 0.379 e. The number of hydrogen-bond donors (Lipinski definition) is 1. The fraction of sp³-hybridized carbons (Fsp3) is 0.917. The third kappa shape index (κ3) is 3.82. The number of carbonyl (C=O) groups excluding carboxylic acids is 1. The Hall–Kier alpha value is -0.570. The maximum atomic E-state index is 11.7. The molecule has 1 fully saturated rings. The third-order valence-electron chi connectivity index (χ3n) is 3.25. The molecule has 0 spiro atoms. The van der Waals surface area contributed by atoms with E-state index in [1.165, 1.54) is 12.8 Å². The summed E-state index contributed by atoms with van der Waals surface area (Å²) in [6.45, 7) is 4.86. The van der Waals surface area contributed by atoms with E-state index < -0.39 is 0 Å². The van der Waals surface area contributed by atoms with Crippen LogP contribution in [0.2, 0.25) is 0 Å². The summed E-state index contributed by atoms with van der Waals surface area (Å²) < 4.78 is 5.31. The summed E-state index contributed by atoms with van der Waals surface area (Å²) in [6, 6.07) is 0. The Balaban J connectivity index is 2.25. The molecule has 3 heteroatoms. The van der Waals surface area contributed by atoms with Gasteiger partial charge in [0.15, 0.2) is 0 Å². The molecule has 1 N–H and O–H groups in total. The van der Waals surface area contributed by atoms with Gasteiger partial charge in [0.2, 0.25) is 5.91 Å². The van der Waals surface area contributed by atoms with Gasteiger partial charge >= 0.3 is 0 Å². The van der Waals surface area contributed by atoms with Crippen molar-refractivity contribution in [1.29, 1.82) is 0 Å². The molecule has 0 aromatic heterocycles. The maximum absolute atomic E-state index is 11.7. The predicted octanol–water partition coefficient (Wildman–Crippen LogP) is 1.96. The quantitative estimate of drug-likeness (QED) is 0.758. The summed E-state index contributed by atoms with van der Waals surface area (Å²) in [5.41, 5.74) is 0. The average molecular weight is 213 g/mol. The lowest BCUT2D eigenvalue weighted by molar-refractivity contribution is -0.125. The fourth-order valence-corrected chi connectivity index (χ4v) is 2.12. The van der Waals surface area contributed by atoms with Crippen LogP contribution in [-0.2, 0) is 9.53 Å². The number of rotatable bonds is 5.